The maximum atomic E-state index is 11.4. The van der Waals surface area contributed by atoms with Crippen molar-refractivity contribution in [3.05, 3.63) is 29.8 Å². The lowest BCUT2D eigenvalue weighted by atomic mass is 10.2. The highest BCUT2D eigenvalue weighted by Gasteiger charge is 2.09. The monoisotopic (exact) mass is 270 g/mol. The second kappa shape index (κ2) is 9.65. The summed E-state index contributed by atoms with van der Waals surface area (Å²) < 4.78 is 6.31. The lowest BCUT2D eigenvalue weighted by Gasteiger charge is -2.14. The lowest BCUT2D eigenvalue weighted by Crippen LogP contribution is -2.23. The summed E-state index contributed by atoms with van der Waals surface area (Å²) in [5.74, 6) is 0. The highest BCUT2D eigenvalue weighted by atomic mass is 32.1. The van der Waals surface area contributed by atoms with E-state index < -0.39 is 6.09 Å². The second-order valence-corrected chi connectivity index (χ2v) is 3.90. The summed E-state index contributed by atoms with van der Waals surface area (Å²) in [5.41, 5.74) is 7.14. The molecule has 0 aliphatic heterocycles. The molecule has 0 aromatic heterocycles. The van der Waals surface area contributed by atoms with Crippen molar-refractivity contribution in [2.75, 3.05) is 12.3 Å². The quantitative estimate of drug-likeness (QED) is 0.650. The third-order valence-corrected chi connectivity index (χ3v) is 2.35. The molecule has 0 aliphatic carbocycles. The van der Waals surface area contributed by atoms with Crippen LogP contribution in [0.2, 0.25) is 0 Å². The van der Waals surface area contributed by atoms with Gasteiger partial charge in [0.05, 0.1) is 0 Å². The Labute approximate surface area is 115 Å². The van der Waals surface area contributed by atoms with Gasteiger partial charge in [-0.3, -0.25) is 4.31 Å². The molecule has 0 spiro atoms. The van der Waals surface area contributed by atoms with Gasteiger partial charge in [-0.15, -0.1) is 0 Å². The van der Waals surface area contributed by atoms with Gasteiger partial charge in [0, 0.05) is 12.2 Å². The minimum Gasteiger partial charge on any atom is -0.444 e. The number of hydrogen-bond acceptors (Lipinski definition) is 4. The number of nitrogens with two attached hydrogens (primary N) is 1. The summed E-state index contributed by atoms with van der Waals surface area (Å²) >= 11 is 4.01. The van der Waals surface area contributed by atoms with Crippen molar-refractivity contribution in [1.29, 1.82) is 0 Å². The van der Waals surface area contributed by atoms with Crippen LogP contribution < -0.4 is 5.73 Å². The number of anilines is 1. The maximum absolute atomic E-state index is 11.4. The number of amides is 1. The summed E-state index contributed by atoms with van der Waals surface area (Å²) in [5, 5.41) is 0. The zero-order chi connectivity index (χ0) is 14.0. The predicted molar refractivity (Wildman–Crippen MR) is 78.4 cm³/mol. The number of carbonyl (C=O) groups is 1. The first-order valence-corrected chi connectivity index (χ1v) is 6.51. The zero-order valence-corrected chi connectivity index (χ0v) is 12.1. The molecule has 1 aromatic carbocycles. The van der Waals surface area contributed by atoms with E-state index in [4.69, 9.17) is 10.5 Å². The summed E-state index contributed by atoms with van der Waals surface area (Å²) in [4.78, 5) is 11.4. The van der Waals surface area contributed by atoms with Crippen LogP contribution in [0.4, 0.5) is 10.5 Å². The Bertz CT molecular complexity index is 341. The summed E-state index contributed by atoms with van der Waals surface area (Å²) in [6, 6.07) is 7.19. The number of ether oxygens (including phenoxy) is 1. The van der Waals surface area contributed by atoms with Gasteiger partial charge in [-0.1, -0.05) is 45.7 Å². The molecule has 5 heteroatoms. The van der Waals surface area contributed by atoms with E-state index in [1.807, 2.05) is 32.9 Å². The molecule has 0 fully saturated rings. The van der Waals surface area contributed by atoms with Crippen molar-refractivity contribution in [2.24, 2.45) is 0 Å². The van der Waals surface area contributed by atoms with E-state index in [9.17, 15) is 4.79 Å². The van der Waals surface area contributed by atoms with E-state index in [1.54, 1.807) is 12.1 Å². The Kier molecular flexibility index (Phi) is 8.92. The number of thiol groups is 1. The van der Waals surface area contributed by atoms with Crippen LogP contribution >= 0.6 is 12.8 Å². The molecule has 4 nitrogen and oxygen atoms in total. The molecule has 0 atom stereocenters. The van der Waals surface area contributed by atoms with Crippen molar-refractivity contribution in [3.63, 3.8) is 0 Å². The molecule has 2 N–H and O–H groups in total. The highest BCUT2D eigenvalue weighted by molar-refractivity contribution is 7.78. The molecule has 0 heterocycles. The van der Waals surface area contributed by atoms with Gasteiger partial charge in [-0.05, 0) is 24.1 Å². The zero-order valence-electron chi connectivity index (χ0n) is 11.2. The molecule has 0 saturated heterocycles. The molecule has 0 radical (unpaired) electrons. The largest absolute Gasteiger partial charge is 0.444 e. The Balaban J connectivity index is 0.00000137. The van der Waals surface area contributed by atoms with Crippen LogP contribution in [0.5, 0.6) is 0 Å². The SMILES string of the molecule is CC.CCCN(S)C(=O)OCc1ccc(N)cc1. The smallest absolute Gasteiger partial charge is 0.419 e. The van der Waals surface area contributed by atoms with Crippen LogP contribution in [0.1, 0.15) is 32.8 Å². The van der Waals surface area contributed by atoms with Gasteiger partial charge in [0.25, 0.3) is 0 Å². The normalized spacial score (nSPS) is 9.11. The van der Waals surface area contributed by atoms with E-state index in [2.05, 4.69) is 12.8 Å². The molecular formula is C13H22N2O2S. The minimum absolute atomic E-state index is 0.236. The van der Waals surface area contributed by atoms with Gasteiger partial charge in [0.1, 0.15) is 6.61 Å². The van der Waals surface area contributed by atoms with E-state index in [0.717, 1.165) is 12.0 Å². The molecule has 0 aliphatic rings. The van der Waals surface area contributed by atoms with Gasteiger partial charge in [0.2, 0.25) is 0 Å². The van der Waals surface area contributed by atoms with Gasteiger partial charge >= 0.3 is 6.09 Å². The van der Waals surface area contributed by atoms with Crippen molar-refractivity contribution < 1.29 is 9.53 Å². The fourth-order valence-electron chi connectivity index (χ4n) is 1.14. The topological polar surface area (TPSA) is 55.6 Å². The fraction of sp³-hybridized carbons (Fsp3) is 0.462. The molecule has 18 heavy (non-hydrogen) atoms. The van der Waals surface area contributed by atoms with E-state index in [-0.39, 0.29) is 6.61 Å². The summed E-state index contributed by atoms with van der Waals surface area (Å²) in [6.07, 6.45) is 0.419. The van der Waals surface area contributed by atoms with Crippen molar-refractivity contribution >= 4 is 24.6 Å². The Hall–Kier alpha value is -1.36. The van der Waals surface area contributed by atoms with Crippen LogP contribution in [-0.4, -0.2) is 16.9 Å². The van der Waals surface area contributed by atoms with Crippen molar-refractivity contribution in [1.82, 2.24) is 4.31 Å². The average Bonchev–Trinajstić information content (AvgIpc) is 2.40. The highest BCUT2D eigenvalue weighted by Crippen LogP contribution is 2.08. The van der Waals surface area contributed by atoms with Gasteiger partial charge < -0.3 is 10.5 Å². The van der Waals surface area contributed by atoms with Crippen LogP contribution in [0.15, 0.2) is 24.3 Å². The standard InChI is InChI=1S/C11H16N2O2S.C2H6/c1-2-7-13(16)11(14)15-8-9-3-5-10(12)6-4-9;1-2/h3-6,16H,2,7-8,12H2,1H3;1-2H3. The van der Waals surface area contributed by atoms with Crippen LogP contribution in [-0.2, 0) is 11.3 Å². The first kappa shape index (κ1) is 16.6. The van der Waals surface area contributed by atoms with Crippen LogP contribution in [0, 0.1) is 0 Å². The molecule has 1 aromatic rings. The van der Waals surface area contributed by atoms with Crippen LogP contribution in [0.3, 0.4) is 0 Å². The number of nitrogens with zero attached hydrogens (tertiary/aromatic N) is 1. The Morgan fingerprint density at radius 1 is 1.33 bits per heavy atom. The third-order valence-electron chi connectivity index (χ3n) is 1.99. The number of carbonyl (C=O) groups excluding carboxylic acids is 1. The van der Waals surface area contributed by atoms with E-state index in [1.165, 1.54) is 4.31 Å². The second-order valence-electron chi connectivity index (χ2n) is 3.42. The van der Waals surface area contributed by atoms with Crippen molar-refractivity contribution in [3.8, 4) is 0 Å². The fourth-order valence-corrected chi connectivity index (χ4v) is 1.39. The molecule has 1 amide bonds. The lowest BCUT2D eigenvalue weighted by molar-refractivity contribution is 0.122. The number of rotatable bonds is 4. The average molecular weight is 270 g/mol. The molecule has 0 unspecified atom stereocenters. The van der Waals surface area contributed by atoms with Crippen molar-refractivity contribution in [2.45, 2.75) is 33.8 Å². The molecular weight excluding hydrogens is 248 g/mol. The Morgan fingerprint density at radius 3 is 2.39 bits per heavy atom. The molecule has 102 valence electrons. The first-order valence-electron chi connectivity index (χ1n) is 6.11. The van der Waals surface area contributed by atoms with E-state index in [0.29, 0.717) is 12.2 Å². The predicted octanol–water partition coefficient (Wildman–Crippen LogP) is 3.49. The minimum atomic E-state index is -0.429. The van der Waals surface area contributed by atoms with Gasteiger partial charge in [0.15, 0.2) is 0 Å². The number of hydrogen-bond donors (Lipinski definition) is 2. The summed E-state index contributed by atoms with van der Waals surface area (Å²) in [6.45, 7) is 6.78. The number of nitrogen functional groups attached to an aromatic ring is 1. The van der Waals surface area contributed by atoms with Gasteiger partial charge in [-0.25, -0.2) is 4.79 Å². The Morgan fingerprint density at radius 2 is 1.89 bits per heavy atom. The number of benzene rings is 1. The summed E-state index contributed by atoms with van der Waals surface area (Å²) in [7, 11) is 0. The van der Waals surface area contributed by atoms with Crippen LogP contribution in [0.25, 0.3) is 0 Å². The molecule has 0 saturated carbocycles. The maximum Gasteiger partial charge on any atom is 0.419 e. The van der Waals surface area contributed by atoms with E-state index >= 15 is 0 Å². The first-order chi connectivity index (χ1) is 8.63. The molecule has 1 rings (SSSR count). The third kappa shape index (κ3) is 6.39. The van der Waals surface area contributed by atoms with Gasteiger partial charge in [-0.2, -0.15) is 0 Å². The molecule has 0 bridgehead atoms.